The number of furan rings is 1. The molecule has 7 nitrogen and oxygen atoms in total. The van der Waals surface area contributed by atoms with E-state index in [0.29, 0.717) is 42.4 Å². The normalized spacial score (nSPS) is 16.5. The number of hydrogen-bond donors (Lipinski definition) is 0. The van der Waals surface area contributed by atoms with Gasteiger partial charge >= 0.3 is 0 Å². The number of ether oxygens (including phenoxy) is 2. The minimum atomic E-state index is -0.425. The van der Waals surface area contributed by atoms with E-state index < -0.39 is 5.54 Å². The van der Waals surface area contributed by atoms with Crippen LogP contribution >= 0.6 is 27.3 Å². The second-order valence-corrected chi connectivity index (χ2v) is 9.46. The molecule has 0 N–H and O–H groups in total. The number of fused-ring (bicyclic) bond motifs is 3. The highest BCUT2D eigenvalue weighted by Crippen LogP contribution is 2.39. The van der Waals surface area contributed by atoms with Crippen molar-refractivity contribution < 1.29 is 18.7 Å². The molecule has 1 amide bonds. The molecule has 0 aliphatic carbocycles. The minimum absolute atomic E-state index is 0.160. The molecule has 3 aromatic heterocycles. The Morgan fingerprint density at radius 2 is 2.20 bits per heavy atom. The van der Waals surface area contributed by atoms with E-state index in [1.54, 1.807) is 23.1 Å². The summed E-state index contributed by atoms with van der Waals surface area (Å²) < 4.78 is 19.8. The van der Waals surface area contributed by atoms with Crippen LogP contribution in [0.3, 0.4) is 0 Å². The first-order valence-electron chi connectivity index (χ1n) is 9.52. The van der Waals surface area contributed by atoms with Gasteiger partial charge in [0, 0.05) is 23.4 Å². The van der Waals surface area contributed by atoms with E-state index in [0.717, 1.165) is 21.1 Å². The van der Waals surface area contributed by atoms with Crippen LogP contribution in [0.1, 0.15) is 24.3 Å². The highest BCUT2D eigenvalue weighted by molar-refractivity contribution is 9.10. The second-order valence-electron chi connectivity index (χ2n) is 7.83. The first-order chi connectivity index (χ1) is 14.4. The lowest BCUT2D eigenvalue weighted by molar-refractivity contribution is -0.0372. The highest BCUT2D eigenvalue weighted by atomic mass is 79.9. The van der Waals surface area contributed by atoms with Gasteiger partial charge < -0.3 is 18.8 Å². The molecule has 0 saturated carbocycles. The zero-order valence-corrected chi connectivity index (χ0v) is 19.2. The van der Waals surface area contributed by atoms with Gasteiger partial charge in [-0.05, 0) is 47.3 Å². The van der Waals surface area contributed by atoms with Gasteiger partial charge in [0.15, 0.2) is 11.3 Å². The summed E-state index contributed by atoms with van der Waals surface area (Å²) in [6, 6.07) is 5.74. The SMILES string of the molecule is COc1cc2oc3c(C(=O)N4CCOCC4(C)C)nn(-c4ccsc4)c3c2cc1Br. The molecule has 0 bridgehead atoms. The number of rotatable bonds is 3. The molecular formula is C21H20BrN3O4S. The molecule has 1 aliphatic heterocycles. The fraction of sp³-hybridized carbons (Fsp3) is 0.333. The van der Waals surface area contributed by atoms with E-state index in [9.17, 15) is 4.79 Å². The molecular weight excluding hydrogens is 470 g/mol. The van der Waals surface area contributed by atoms with Gasteiger partial charge in [0.05, 0.1) is 36.0 Å². The van der Waals surface area contributed by atoms with Crippen molar-refractivity contribution in [2.45, 2.75) is 19.4 Å². The molecule has 0 atom stereocenters. The van der Waals surface area contributed by atoms with Gasteiger partial charge in [-0.2, -0.15) is 16.4 Å². The molecule has 1 aromatic carbocycles. The molecule has 5 rings (SSSR count). The molecule has 0 unspecified atom stereocenters. The third kappa shape index (κ3) is 2.95. The molecule has 30 heavy (non-hydrogen) atoms. The lowest BCUT2D eigenvalue weighted by Crippen LogP contribution is -2.55. The van der Waals surface area contributed by atoms with Crippen molar-refractivity contribution >= 4 is 55.2 Å². The molecule has 0 spiro atoms. The summed E-state index contributed by atoms with van der Waals surface area (Å²) in [5.41, 5.74) is 2.65. The zero-order chi connectivity index (χ0) is 21.0. The van der Waals surface area contributed by atoms with Gasteiger partial charge in [-0.15, -0.1) is 0 Å². The van der Waals surface area contributed by atoms with Crippen LogP contribution in [0.2, 0.25) is 0 Å². The van der Waals surface area contributed by atoms with Crippen molar-refractivity contribution in [3.8, 4) is 11.4 Å². The topological polar surface area (TPSA) is 69.7 Å². The fourth-order valence-electron chi connectivity index (χ4n) is 3.87. The monoisotopic (exact) mass is 489 g/mol. The predicted molar refractivity (Wildman–Crippen MR) is 119 cm³/mol. The lowest BCUT2D eigenvalue weighted by atomic mass is 10.0. The molecule has 1 aliphatic rings. The van der Waals surface area contributed by atoms with E-state index in [1.165, 1.54) is 0 Å². The van der Waals surface area contributed by atoms with Crippen molar-refractivity contribution in [1.29, 1.82) is 0 Å². The number of thiophene rings is 1. The number of aromatic nitrogens is 2. The number of hydrogen-bond acceptors (Lipinski definition) is 6. The third-order valence-corrected chi connectivity index (χ3v) is 6.70. The smallest absolute Gasteiger partial charge is 0.278 e. The number of methoxy groups -OCH3 is 1. The Hall–Kier alpha value is -2.36. The summed E-state index contributed by atoms with van der Waals surface area (Å²) in [6.07, 6.45) is 0. The van der Waals surface area contributed by atoms with Gasteiger partial charge in [0.1, 0.15) is 16.8 Å². The van der Waals surface area contributed by atoms with Crippen LogP contribution in [0.5, 0.6) is 5.75 Å². The third-order valence-electron chi connectivity index (χ3n) is 5.41. The molecule has 156 valence electrons. The maximum Gasteiger partial charge on any atom is 0.278 e. The number of benzene rings is 1. The van der Waals surface area contributed by atoms with Crippen LogP contribution in [0.25, 0.3) is 27.8 Å². The first-order valence-corrected chi connectivity index (χ1v) is 11.3. The van der Waals surface area contributed by atoms with Gasteiger partial charge in [0.2, 0.25) is 0 Å². The van der Waals surface area contributed by atoms with Crippen LogP contribution in [-0.4, -0.2) is 53.0 Å². The van der Waals surface area contributed by atoms with Crippen molar-refractivity contribution in [3.63, 3.8) is 0 Å². The molecule has 1 saturated heterocycles. The maximum absolute atomic E-state index is 13.6. The molecule has 9 heteroatoms. The standard InChI is InChI=1S/C21H20BrN3O4S/c1-21(2)11-28-6-5-24(21)20(26)17-19-18(25(23-17)12-4-7-30-10-12)13-8-14(22)16(27-3)9-15(13)29-19/h4,7-10H,5-6,11H2,1-3H3. The predicted octanol–water partition coefficient (Wildman–Crippen LogP) is 4.86. The van der Waals surface area contributed by atoms with Crippen LogP contribution < -0.4 is 4.74 Å². The summed E-state index contributed by atoms with van der Waals surface area (Å²) in [5.74, 6) is 0.503. The van der Waals surface area contributed by atoms with Crippen LogP contribution in [-0.2, 0) is 4.74 Å². The summed E-state index contributed by atoms with van der Waals surface area (Å²) in [4.78, 5) is 15.4. The van der Waals surface area contributed by atoms with Crippen molar-refractivity contribution in [1.82, 2.24) is 14.7 Å². The van der Waals surface area contributed by atoms with Crippen LogP contribution in [0.15, 0.2) is 37.8 Å². The van der Waals surface area contributed by atoms with E-state index >= 15 is 0 Å². The largest absolute Gasteiger partial charge is 0.495 e. The van der Waals surface area contributed by atoms with Gasteiger partial charge in [-0.1, -0.05) is 0 Å². The summed E-state index contributed by atoms with van der Waals surface area (Å²) in [6.45, 7) is 5.50. The Bertz CT molecular complexity index is 1260. The van der Waals surface area contributed by atoms with Crippen molar-refractivity contribution in [2.75, 3.05) is 26.9 Å². The summed E-state index contributed by atoms with van der Waals surface area (Å²) in [7, 11) is 1.61. The summed E-state index contributed by atoms with van der Waals surface area (Å²) in [5, 5.41) is 9.54. The van der Waals surface area contributed by atoms with E-state index in [2.05, 4.69) is 15.9 Å². The maximum atomic E-state index is 13.6. The Labute approximate surface area is 185 Å². The fourth-order valence-corrected chi connectivity index (χ4v) is 4.99. The Kier molecular flexibility index (Phi) is 4.64. The average Bonchev–Trinajstić information content (AvgIpc) is 3.42. The van der Waals surface area contributed by atoms with Gasteiger partial charge in [0.25, 0.3) is 5.91 Å². The Morgan fingerprint density at radius 1 is 1.37 bits per heavy atom. The zero-order valence-electron chi connectivity index (χ0n) is 16.8. The van der Waals surface area contributed by atoms with Gasteiger partial charge in [-0.3, -0.25) is 4.79 Å². The summed E-state index contributed by atoms with van der Waals surface area (Å²) >= 11 is 5.12. The molecule has 1 fully saturated rings. The number of amides is 1. The van der Waals surface area contributed by atoms with Crippen molar-refractivity contribution in [3.05, 3.63) is 39.1 Å². The molecule has 4 heterocycles. The first kappa shape index (κ1) is 19.6. The number of nitrogens with zero attached hydrogens (tertiary/aromatic N) is 3. The van der Waals surface area contributed by atoms with Gasteiger partial charge in [-0.25, -0.2) is 4.68 Å². The minimum Gasteiger partial charge on any atom is -0.495 e. The second kappa shape index (κ2) is 7.11. The quantitative estimate of drug-likeness (QED) is 0.411. The van der Waals surface area contributed by atoms with Crippen molar-refractivity contribution in [2.24, 2.45) is 0 Å². The van der Waals surface area contributed by atoms with Crippen LogP contribution in [0.4, 0.5) is 0 Å². The van der Waals surface area contributed by atoms with E-state index in [-0.39, 0.29) is 5.91 Å². The Balaban J connectivity index is 1.76. The number of morpholine rings is 1. The molecule has 0 radical (unpaired) electrons. The Morgan fingerprint density at radius 3 is 2.90 bits per heavy atom. The van der Waals surface area contributed by atoms with Crippen LogP contribution in [0, 0.1) is 0 Å². The number of carbonyl (C=O) groups is 1. The average molecular weight is 490 g/mol. The van der Waals surface area contributed by atoms with E-state index in [1.807, 2.05) is 47.7 Å². The number of carbonyl (C=O) groups excluding carboxylic acids is 1. The van der Waals surface area contributed by atoms with E-state index in [4.69, 9.17) is 19.0 Å². The number of halogens is 1. The highest BCUT2D eigenvalue weighted by Gasteiger charge is 2.37. The lowest BCUT2D eigenvalue weighted by Gasteiger charge is -2.41. The molecule has 4 aromatic rings.